The van der Waals surface area contributed by atoms with E-state index in [0.717, 1.165) is 4.90 Å². The molecule has 1 N–H and O–H groups in total. The van der Waals surface area contributed by atoms with Gasteiger partial charge in [-0.2, -0.15) is 0 Å². The van der Waals surface area contributed by atoms with Crippen LogP contribution in [-0.2, 0) is 9.59 Å². The van der Waals surface area contributed by atoms with Crippen molar-refractivity contribution in [3.8, 4) is 17.1 Å². The topological polar surface area (TPSA) is 129 Å². The van der Waals surface area contributed by atoms with E-state index < -0.39 is 23.8 Å². The average molecular weight is 431 g/mol. The molecule has 0 spiro atoms. The highest BCUT2D eigenvalue weighted by atomic mass is 16.5. The highest BCUT2D eigenvalue weighted by Crippen LogP contribution is 2.28. The smallest absolute Gasteiger partial charge is 0.335 e. The second kappa shape index (κ2) is 8.23. The van der Waals surface area contributed by atoms with E-state index in [0.29, 0.717) is 5.75 Å². The van der Waals surface area contributed by atoms with E-state index in [2.05, 4.69) is 5.32 Å². The number of urea groups is 1. The van der Waals surface area contributed by atoms with Crippen LogP contribution in [0, 0.1) is 0 Å². The van der Waals surface area contributed by atoms with E-state index in [-0.39, 0.29) is 33.9 Å². The van der Waals surface area contributed by atoms with Gasteiger partial charge in [0.1, 0.15) is 22.8 Å². The van der Waals surface area contributed by atoms with Crippen LogP contribution in [0.3, 0.4) is 0 Å². The fourth-order valence-electron chi connectivity index (χ4n) is 3.22. The lowest BCUT2D eigenvalue weighted by Gasteiger charge is -2.26. The molecule has 1 aromatic heterocycles. The van der Waals surface area contributed by atoms with Crippen molar-refractivity contribution in [3.63, 3.8) is 0 Å². The van der Waals surface area contributed by atoms with Gasteiger partial charge >= 0.3 is 6.03 Å². The predicted molar refractivity (Wildman–Crippen MR) is 110 cm³/mol. The Hall–Kier alpha value is -4.66. The average Bonchev–Trinajstić information content (AvgIpc) is 3.25. The third-order valence-corrected chi connectivity index (χ3v) is 4.76. The van der Waals surface area contributed by atoms with E-state index in [1.807, 2.05) is 0 Å². The highest BCUT2D eigenvalue weighted by molar-refractivity contribution is 6.39. The molecule has 3 aromatic rings. The van der Waals surface area contributed by atoms with E-state index in [1.165, 1.54) is 43.5 Å². The van der Waals surface area contributed by atoms with Gasteiger partial charge in [0.05, 0.1) is 18.8 Å². The first-order chi connectivity index (χ1) is 15.4. The number of benzene rings is 2. The second-order valence-corrected chi connectivity index (χ2v) is 6.69. The first-order valence-corrected chi connectivity index (χ1v) is 9.35. The molecule has 0 saturated carbocycles. The standard InChI is InChI=1S/C23H16N2O7/c1-31-14-8-6-13(7-9-14)25-21(27)18(20(26)24-23(25)30)12-15-10-11-19(32-15)16-4-2-3-5-17(16)22(28)29/h2-12H,1H3,(H,28,29)(H,24,26,30)/p-1/b18-12+. The van der Waals surface area contributed by atoms with Crippen molar-refractivity contribution in [2.24, 2.45) is 0 Å². The molecule has 4 amide bonds. The minimum absolute atomic E-state index is 0.0659. The van der Waals surface area contributed by atoms with Crippen molar-refractivity contribution in [2.75, 3.05) is 12.0 Å². The molecule has 1 aliphatic heterocycles. The van der Waals surface area contributed by atoms with E-state index in [9.17, 15) is 24.3 Å². The molecule has 1 saturated heterocycles. The summed E-state index contributed by atoms with van der Waals surface area (Å²) in [5.41, 5.74) is 0.139. The number of carboxylic acid groups (broad SMARTS) is 1. The molecular weight excluding hydrogens is 416 g/mol. The maximum absolute atomic E-state index is 12.9. The lowest BCUT2D eigenvalue weighted by molar-refractivity contribution is -0.255. The minimum atomic E-state index is -1.37. The van der Waals surface area contributed by atoms with Gasteiger partial charge in [-0.3, -0.25) is 14.9 Å². The van der Waals surface area contributed by atoms with Gasteiger partial charge in [-0.1, -0.05) is 24.3 Å². The number of amides is 4. The van der Waals surface area contributed by atoms with Crippen molar-refractivity contribution < 1.29 is 33.4 Å². The molecule has 0 unspecified atom stereocenters. The molecule has 9 heteroatoms. The molecule has 0 bridgehead atoms. The lowest BCUT2D eigenvalue weighted by atomic mass is 10.1. The lowest BCUT2D eigenvalue weighted by Crippen LogP contribution is -2.54. The minimum Gasteiger partial charge on any atom is -0.545 e. The van der Waals surface area contributed by atoms with Crippen LogP contribution in [0.25, 0.3) is 17.4 Å². The summed E-state index contributed by atoms with van der Waals surface area (Å²) in [5, 5.41) is 13.5. The number of carbonyl (C=O) groups excluding carboxylic acids is 4. The van der Waals surface area contributed by atoms with Crippen LogP contribution in [-0.4, -0.2) is 30.9 Å². The summed E-state index contributed by atoms with van der Waals surface area (Å²) in [6.07, 6.45) is 1.19. The number of rotatable bonds is 5. The van der Waals surface area contributed by atoms with E-state index in [4.69, 9.17) is 9.15 Å². The van der Waals surface area contributed by atoms with Crippen LogP contribution in [0.4, 0.5) is 10.5 Å². The summed E-state index contributed by atoms with van der Waals surface area (Å²) in [4.78, 5) is 49.7. The first-order valence-electron chi connectivity index (χ1n) is 9.35. The molecule has 1 aliphatic rings. The largest absolute Gasteiger partial charge is 0.545 e. The Kier molecular flexibility index (Phi) is 5.30. The zero-order valence-electron chi connectivity index (χ0n) is 16.7. The van der Waals surface area contributed by atoms with Gasteiger partial charge in [0.2, 0.25) is 0 Å². The fraction of sp³-hybridized carbons (Fsp3) is 0.0435. The number of carbonyl (C=O) groups is 4. The van der Waals surface area contributed by atoms with Crippen molar-refractivity contribution in [3.05, 3.63) is 77.6 Å². The van der Waals surface area contributed by atoms with Crippen molar-refractivity contribution in [1.29, 1.82) is 0 Å². The Morgan fingerprint density at radius 1 is 1.03 bits per heavy atom. The Morgan fingerprint density at radius 3 is 2.44 bits per heavy atom. The molecule has 4 rings (SSSR count). The predicted octanol–water partition coefficient (Wildman–Crippen LogP) is 1.99. The maximum Gasteiger partial charge on any atom is 0.335 e. The zero-order valence-corrected chi connectivity index (χ0v) is 16.7. The number of anilines is 1. The van der Waals surface area contributed by atoms with Crippen molar-refractivity contribution in [2.45, 2.75) is 0 Å². The van der Waals surface area contributed by atoms with Crippen LogP contribution in [0.5, 0.6) is 5.75 Å². The third-order valence-electron chi connectivity index (χ3n) is 4.76. The Morgan fingerprint density at radius 2 is 1.75 bits per heavy atom. The maximum atomic E-state index is 12.9. The van der Waals surface area contributed by atoms with Gasteiger partial charge in [-0.05, 0) is 42.5 Å². The number of hydrogen-bond acceptors (Lipinski definition) is 7. The summed E-state index contributed by atoms with van der Waals surface area (Å²) in [6.45, 7) is 0. The number of aromatic carboxylic acids is 1. The SMILES string of the molecule is COc1ccc(N2C(=O)NC(=O)/C(=C\c3ccc(-c4ccccc4C(=O)[O-])o3)C2=O)cc1. The van der Waals surface area contributed by atoms with Gasteiger partial charge in [0.25, 0.3) is 11.8 Å². The number of hydrogen-bond donors (Lipinski definition) is 1. The van der Waals surface area contributed by atoms with Crippen LogP contribution in [0.2, 0.25) is 0 Å². The highest BCUT2D eigenvalue weighted by Gasteiger charge is 2.37. The van der Waals surface area contributed by atoms with Crippen molar-refractivity contribution in [1.82, 2.24) is 5.32 Å². The van der Waals surface area contributed by atoms with Crippen LogP contribution < -0.4 is 20.1 Å². The molecule has 0 radical (unpaired) electrons. The van der Waals surface area contributed by atoms with Gasteiger partial charge in [-0.25, -0.2) is 9.69 Å². The number of nitrogens with zero attached hydrogens (tertiary/aromatic N) is 1. The molecule has 32 heavy (non-hydrogen) atoms. The molecule has 1 fully saturated rings. The Bertz CT molecular complexity index is 1270. The van der Waals surface area contributed by atoms with Crippen LogP contribution >= 0.6 is 0 Å². The number of imide groups is 2. The number of barbiturate groups is 1. The normalized spacial score (nSPS) is 15.1. The summed E-state index contributed by atoms with van der Waals surface area (Å²) < 4.78 is 10.7. The van der Waals surface area contributed by atoms with Gasteiger partial charge in [0, 0.05) is 11.1 Å². The van der Waals surface area contributed by atoms with Gasteiger partial charge in [0.15, 0.2) is 0 Å². The third kappa shape index (κ3) is 3.74. The molecule has 9 nitrogen and oxygen atoms in total. The zero-order chi connectivity index (χ0) is 22.8. The summed E-state index contributed by atoms with van der Waals surface area (Å²) in [6, 6.07) is 14.4. The monoisotopic (exact) mass is 431 g/mol. The Labute approximate surface area is 181 Å². The number of ether oxygens (including phenoxy) is 1. The molecule has 0 atom stereocenters. The van der Waals surface area contributed by atoms with Gasteiger partial charge < -0.3 is 19.1 Å². The molecule has 160 valence electrons. The number of nitrogens with one attached hydrogen (secondary N) is 1. The van der Waals surface area contributed by atoms with E-state index in [1.54, 1.807) is 30.3 Å². The van der Waals surface area contributed by atoms with Crippen LogP contribution in [0.1, 0.15) is 16.1 Å². The summed E-state index contributed by atoms with van der Waals surface area (Å²) in [7, 11) is 1.48. The molecule has 0 aliphatic carbocycles. The summed E-state index contributed by atoms with van der Waals surface area (Å²) in [5.74, 6) is -2.22. The van der Waals surface area contributed by atoms with Gasteiger partial charge in [-0.15, -0.1) is 0 Å². The Balaban J connectivity index is 1.68. The summed E-state index contributed by atoms with van der Waals surface area (Å²) >= 11 is 0. The molecule has 2 aromatic carbocycles. The number of methoxy groups -OCH3 is 1. The quantitative estimate of drug-likeness (QED) is 0.483. The first kappa shape index (κ1) is 20.6. The fourth-order valence-corrected chi connectivity index (χ4v) is 3.22. The number of furan rings is 1. The second-order valence-electron chi connectivity index (χ2n) is 6.69. The van der Waals surface area contributed by atoms with Crippen LogP contribution in [0.15, 0.2) is 70.7 Å². The molecular formula is C23H15N2O7-. The molecule has 2 heterocycles. The van der Waals surface area contributed by atoms with Crippen molar-refractivity contribution >= 4 is 35.6 Å². The van der Waals surface area contributed by atoms with E-state index >= 15 is 0 Å². The number of carboxylic acids is 1.